The number of anilines is 2. The van der Waals surface area contributed by atoms with Crippen molar-refractivity contribution in [3.8, 4) is 0 Å². The minimum Gasteiger partial charge on any atom is -0.324 e. The van der Waals surface area contributed by atoms with E-state index in [1.165, 1.54) is 12.1 Å². The Morgan fingerprint density at radius 2 is 1.97 bits per heavy atom. The van der Waals surface area contributed by atoms with Gasteiger partial charge in [-0.25, -0.2) is 4.98 Å². The molecule has 10 heteroatoms. The summed E-state index contributed by atoms with van der Waals surface area (Å²) in [5.41, 5.74) is 2.01. The highest BCUT2D eigenvalue weighted by Gasteiger charge is 2.48. The zero-order chi connectivity index (χ0) is 22.9. The molecule has 1 aliphatic rings. The number of carbonyl (C=O) groups is 2. The van der Waals surface area contributed by atoms with Gasteiger partial charge in [0.05, 0.1) is 29.2 Å². The van der Waals surface area contributed by atoms with E-state index in [4.69, 9.17) is 0 Å². The van der Waals surface area contributed by atoms with Crippen molar-refractivity contribution in [1.29, 1.82) is 0 Å². The van der Waals surface area contributed by atoms with E-state index >= 15 is 0 Å². The van der Waals surface area contributed by atoms with Gasteiger partial charge in [-0.2, -0.15) is 13.2 Å². The minimum atomic E-state index is -4.75. The van der Waals surface area contributed by atoms with Gasteiger partial charge in [0.15, 0.2) is 5.16 Å². The molecule has 1 aliphatic heterocycles. The number of aromatic nitrogens is 2. The van der Waals surface area contributed by atoms with Crippen LogP contribution in [0.4, 0.5) is 24.5 Å². The van der Waals surface area contributed by atoms with Gasteiger partial charge in [-0.15, -0.1) is 0 Å². The second-order valence-electron chi connectivity index (χ2n) is 7.95. The van der Waals surface area contributed by atoms with E-state index in [-0.39, 0.29) is 17.1 Å². The molecule has 0 saturated heterocycles. The molecule has 0 bridgehead atoms. The predicted molar refractivity (Wildman–Crippen MR) is 114 cm³/mol. The van der Waals surface area contributed by atoms with Crippen molar-refractivity contribution >= 4 is 35.0 Å². The largest absolute Gasteiger partial charge is 0.409 e. The lowest BCUT2D eigenvalue weighted by Gasteiger charge is -2.31. The fourth-order valence-corrected chi connectivity index (χ4v) is 4.47. The molecule has 1 aromatic heterocycles. The highest BCUT2D eigenvalue weighted by atomic mass is 32.2. The molecule has 0 spiro atoms. The smallest absolute Gasteiger partial charge is 0.324 e. The molecule has 3 rings (SSSR count). The molecule has 2 amide bonds. The standard InChI is InChI=1S/C21H25F3N4O2S/c1-12(2)10-27-14(4)13(3)25-20(27)31-11-19(30)28-16-8-6-5-7-15(16)26-18(29)9-17(28)21(22,23)24/h5-8,12,17H,9-11H2,1-4H3,(H,26,29). The van der Waals surface area contributed by atoms with E-state index in [1.54, 1.807) is 12.1 Å². The summed E-state index contributed by atoms with van der Waals surface area (Å²) < 4.78 is 43.5. The summed E-state index contributed by atoms with van der Waals surface area (Å²) in [6, 6.07) is 3.80. The maximum Gasteiger partial charge on any atom is 0.409 e. The highest BCUT2D eigenvalue weighted by Crippen LogP contribution is 2.38. The summed E-state index contributed by atoms with van der Waals surface area (Å²) >= 11 is 1.11. The van der Waals surface area contributed by atoms with E-state index in [9.17, 15) is 22.8 Å². The van der Waals surface area contributed by atoms with Crippen LogP contribution in [-0.4, -0.2) is 39.3 Å². The fourth-order valence-electron chi connectivity index (χ4n) is 3.51. The molecule has 0 fully saturated rings. The maximum absolute atomic E-state index is 13.8. The van der Waals surface area contributed by atoms with E-state index in [0.29, 0.717) is 22.5 Å². The molecule has 2 aromatic rings. The van der Waals surface area contributed by atoms with Gasteiger partial charge in [-0.1, -0.05) is 37.7 Å². The van der Waals surface area contributed by atoms with E-state index in [2.05, 4.69) is 24.1 Å². The molecule has 2 heterocycles. The molecule has 0 radical (unpaired) electrons. The Hall–Kier alpha value is -2.49. The van der Waals surface area contributed by atoms with Crippen molar-refractivity contribution in [1.82, 2.24) is 9.55 Å². The number of fused-ring (bicyclic) bond motifs is 1. The van der Waals surface area contributed by atoms with Crippen molar-refractivity contribution in [2.45, 2.75) is 58.0 Å². The summed E-state index contributed by atoms with van der Waals surface area (Å²) in [4.78, 5) is 30.4. The van der Waals surface area contributed by atoms with Gasteiger partial charge in [0.1, 0.15) is 6.04 Å². The van der Waals surface area contributed by atoms with Crippen LogP contribution < -0.4 is 10.2 Å². The Labute approximate surface area is 183 Å². The minimum absolute atomic E-state index is 0.0409. The lowest BCUT2D eigenvalue weighted by Crippen LogP contribution is -2.50. The molecule has 1 unspecified atom stereocenters. The number of rotatable bonds is 5. The van der Waals surface area contributed by atoms with Crippen LogP contribution in [0.25, 0.3) is 0 Å². The van der Waals surface area contributed by atoms with Gasteiger partial charge < -0.3 is 9.88 Å². The average Bonchev–Trinajstić information content (AvgIpc) is 2.84. The van der Waals surface area contributed by atoms with Crippen LogP contribution in [0.2, 0.25) is 0 Å². The normalized spacial score (nSPS) is 16.8. The van der Waals surface area contributed by atoms with Crippen LogP contribution in [0.1, 0.15) is 31.7 Å². The lowest BCUT2D eigenvalue weighted by molar-refractivity contribution is -0.157. The van der Waals surface area contributed by atoms with Crippen LogP contribution in [0.15, 0.2) is 29.4 Å². The predicted octanol–water partition coefficient (Wildman–Crippen LogP) is 4.55. The van der Waals surface area contributed by atoms with Crippen molar-refractivity contribution in [3.05, 3.63) is 35.7 Å². The summed E-state index contributed by atoms with van der Waals surface area (Å²) in [6.07, 6.45) is -5.60. The first-order valence-corrected chi connectivity index (χ1v) is 10.9. The third-order valence-corrected chi connectivity index (χ3v) is 6.03. The molecule has 0 saturated carbocycles. The number of imidazole rings is 1. The van der Waals surface area contributed by atoms with Crippen LogP contribution in [0.5, 0.6) is 0 Å². The van der Waals surface area contributed by atoms with Crippen molar-refractivity contribution in [3.63, 3.8) is 0 Å². The van der Waals surface area contributed by atoms with Crippen LogP contribution in [0, 0.1) is 19.8 Å². The topological polar surface area (TPSA) is 67.2 Å². The first kappa shape index (κ1) is 23.2. The van der Waals surface area contributed by atoms with Crippen LogP contribution >= 0.6 is 11.8 Å². The van der Waals surface area contributed by atoms with E-state index < -0.39 is 30.5 Å². The molecule has 6 nitrogen and oxygen atoms in total. The molecule has 1 aromatic carbocycles. The monoisotopic (exact) mass is 454 g/mol. The number of alkyl halides is 3. The van der Waals surface area contributed by atoms with Gasteiger partial charge in [-0.3, -0.25) is 14.5 Å². The summed E-state index contributed by atoms with van der Waals surface area (Å²) in [6.45, 7) is 8.60. The Morgan fingerprint density at radius 1 is 1.29 bits per heavy atom. The zero-order valence-electron chi connectivity index (χ0n) is 17.8. The number of carbonyl (C=O) groups excluding carboxylic acids is 2. The molecule has 1 atom stereocenters. The number of aryl methyl sites for hydroxylation is 1. The SMILES string of the molecule is Cc1nc(SCC(=O)N2c3ccccc3NC(=O)CC2C(F)(F)F)n(CC(C)C)c1C. The molecule has 1 N–H and O–H groups in total. The third kappa shape index (κ3) is 5.06. The van der Waals surface area contributed by atoms with Gasteiger partial charge in [0.2, 0.25) is 11.8 Å². The number of hydrogen-bond acceptors (Lipinski definition) is 4. The van der Waals surface area contributed by atoms with Crippen LogP contribution in [-0.2, 0) is 16.1 Å². The molecule has 31 heavy (non-hydrogen) atoms. The van der Waals surface area contributed by atoms with Crippen molar-refractivity contribution in [2.24, 2.45) is 5.92 Å². The Balaban J connectivity index is 1.92. The first-order chi connectivity index (χ1) is 14.5. The fraction of sp³-hybridized carbons (Fsp3) is 0.476. The first-order valence-electron chi connectivity index (χ1n) is 9.93. The number of hydrogen-bond donors (Lipinski definition) is 1. The quantitative estimate of drug-likeness (QED) is 0.673. The van der Waals surface area contributed by atoms with Gasteiger partial charge in [-0.05, 0) is 31.9 Å². The number of nitrogens with one attached hydrogen (secondary N) is 1. The average molecular weight is 455 g/mol. The number of thioether (sulfide) groups is 1. The number of para-hydroxylation sites is 2. The number of halogens is 3. The summed E-state index contributed by atoms with van der Waals surface area (Å²) in [5.74, 6) is -1.41. The second-order valence-corrected chi connectivity index (χ2v) is 8.89. The summed E-state index contributed by atoms with van der Waals surface area (Å²) in [7, 11) is 0. The number of benzene rings is 1. The Kier molecular flexibility index (Phi) is 6.68. The van der Waals surface area contributed by atoms with Crippen LogP contribution in [0.3, 0.4) is 0 Å². The van der Waals surface area contributed by atoms with Gasteiger partial charge in [0.25, 0.3) is 0 Å². The maximum atomic E-state index is 13.8. The molecular weight excluding hydrogens is 429 g/mol. The zero-order valence-corrected chi connectivity index (χ0v) is 18.6. The van der Waals surface area contributed by atoms with E-state index in [0.717, 1.165) is 23.1 Å². The Bertz CT molecular complexity index is 987. The third-order valence-electron chi connectivity index (χ3n) is 5.07. The number of nitrogens with zero attached hydrogens (tertiary/aromatic N) is 3. The second kappa shape index (κ2) is 8.94. The molecule has 0 aliphatic carbocycles. The van der Waals surface area contributed by atoms with Crippen molar-refractivity contribution < 1.29 is 22.8 Å². The number of amides is 2. The Morgan fingerprint density at radius 3 is 2.61 bits per heavy atom. The van der Waals surface area contributed by atoms with E-state index in [1.807, 2.05) is 18.4 Å². The molecule has 168 valence electrons. The summed E-state index contributed by atoms with van der Waals surface area (Å²) in [5, 5.41) is 3.06. The van der Waals surface area contributed by atoms with Gasteiger partial charge >= 0.3 is 6.18 Å². The highest BCUT2D eigenvalue weighted by molar-refractivity contribution is 7.99. The molecular formula is C21H25F3N4O2S. The lowest BCUT2D eigenvalue weighted by atomic mass is 10.1. The van der Waals surface area contributed by atoms with Gasteiger partial charge in [0, 0.05) is 12.2 Å². The van der Waals surface area contributed by atoms with Crippen molar-refractivity contribution in [2.75, 3.05) is 16.0 Å².